The molecular weight excluding hydrogens is 334 g/mol. The van der Waals surface area contributed by atoms with E-state index in [-0.39, 0.29) is 6.09 Å². The van der Waals surface area contributed by atoms with E-state index in [2.05, 4.69) is 6.07 Å². The molecule has 1 amide bonds. The molecule has 134 valence electrons. The number of rotatable bonds is 1. The third-order valence-electron chi connectivity index (χ3n) is 4.29. The lowest BCUT2D eigenvalue weighted by atomic mass is 10.0. The molecule has 1 N–H and O–H groups in total. The van der Waals surface area contributed by atoms with E-state index in [1.54, 1.807) is 16.2 Å². The molecular formula is C20H25NO3S. The van der Waals surface area contributed by atoms with E-state index in [1.165, 1.54) is 15.3 Å². The van der Waals surface area contributed by atoms with E-state index in [9.17, 15) is 9.90 Å². The number of phenolic OH excluding ortho intramolecular Hbond substituents is 1. The number of ether oxygens (including phenoxy) is 1. The number of amides is 1. The summed E-state index contributed by atoms with van der Waals surface area (Å²) < 4.78 is 5.49. The summed E-state index contributed by atoms with van der Waals surface area (Å²) in [5.41, 5.74) is 3.61. The van der Waals surface area contributed by atoms with E-state index in [0.717, 1.165) is 23.1 Å². The predicted octanol–water partition coefficient (Wildman–Crippen LogP) is 5.03. The van der Waals surface area contributed by atoms with Gasteiger partial charge in [-0.3, -0.25) is 0 Å². The molecule has 2 aromatic rings. The minimum absolute atomic E-state index is 0.248. The lowest BCUT2D eigenvalue weighted by molar-refractivity contribution is 0.0225. The van der Waals surface area contributed by atoms with Crippen LogP contribution in [0.4, 0.5) is 4.79 Å². The maximum Gasteiger partial charge on any atom is 0.410 e. The number of nitrogens with zero attached hydrogens (tertiary/aromatic N) is 1. The average Bonchev–Trinajstić information content (AvgIpc) is 2.93. The van der Waals surface area contributed by atoms with Crippen LogP contribution in [0.1, 0.15) is 42.3 Å². The summed E-state index contributed by atoms with van der Waals surface area (Å²) in [6.07, 6.45) is 0.608. The first kappa shape index (κ1) is 17.8. The molecule has 0 unspecified atom stereocenters. The Labute approximate surface area is 153 Å². The molecule has 1 aromatic carbocycles. The molecule has 1 aromatic heterocycles. The Bertz CT molecular complexity index is 794. The van der Waals surface area contributed by atoms with Crippen molar-refractivity contribution in [1.82, 2.24) is 4.90 Å². The molecule has 0 saturated heterocycles. The lowest BCUT2D eigenvalue weighted by Gasteiger charge is -2.29. The van der Waals surface area contributed by atoms with Gasteiger partial charge in [0.05, 0.1) is 6.54 Å². The highest BCUT2D eigenvalue weighted by molar-refractivity contribution is 7.15. The molecule has 0 atom stereocenters. The van der Waals surface area contributed by atoms with Crippen molar-refractivity contribution < 1.29 is 14.6 Å². The molecule has 0 saturated carbocycles. The Kier molecular flexibility index (Phi) is 4.54. The second-order valence-corrected chi connectivity index (χ2v) is 8.81. The van der Waals surface area contributed by atoms with Crippen molar-refractivity contribution >= 4 is 17.4 Å². The molecule has 1 aliphatic heterocycles. The zero-order chi connectivity index (χ0) is 18.4. The van der Waals surface area contributed by atoms with Gasteiger partial charge in [-0.1, -0.05) is 0 Å². The van der Waals surface area contributed by atoms with Gasteiger partial charge in [-0.25, -0.2) is 4.79 Å². The Morgan fingerprint density at radius 3 is 2.44 bits per heavy atom. The first-order valence-electron chi connectivity index (χ1n) is 8.54. The Balaban J connectivity index is 1.83. The number of fused-ring (bicyclic) bond motifs is 1. The largest absolute Gasteiger partial charge is 0.507 e. The summed E-state index contributed by atoms with van der Waals surface area (Å²) in [5, 5.41) is 9.97. The highest BCUT2D eigenvalue weighted by atomic mass is 32.1. The van der Waals surface area contributed by atoms with Crippen LogP contribution in [0.5, 0.6) is 5.75 Å². The molecule has 5 heteroatoms. The Hall–Kier alpha value is -2.01. The molecule has 1 aliphatic rings. The van der Waals surface area contributed by atoms with Crippen LogP contribution in [0, 0.1) is 13.8 Å². The van der Waals surface area contributed by atoms with Gasteiger partial charge < -0.3 is 14.7 Å². The number of phenols is 1. The van der Waals surface area contributed by atoms with Gasteiger partial charge in [-0.15, -0.1) is 11.3 Å². The van der Waals surface area contributed by atoms with Crippen molar-refractivity contribution in [1.29, 1.82) is 0 Å². The quantitative estimate of drug-likeness (QED) is 0.777. The zero-order valence-corrected chi connectivity index (χ0v) is 16.3. The second-order valence-electron chi connectivity index (χ2n) is 7.67. The standard InChI is InChI=1S/C20H25NO3S/c1-12-8-14(9-13(2)18(12)22)17-10-15-11-21(7-6-16(15)25-17)19(23)24-20(3,4)5/h8-10,22H,6-7,11H2,1-5H3. The SMILES string of the molecule is Cc1cc(-c2cc3c(s2)CCN(C(=O)OC(C)(C)C)C3)cc(C)c1O. The van der Waals surface area contributed by atoms with Crippen molar-refractivity contribution in [3.8, 4) is 16.2 Å². The van der Waals surface area contributed by atoms with Gasteiger partial charge in [0.25, 0.3) is 0 Å². The topological polar surface area (TPSA) is 49.8 Å². The molecule has 0 bridgehead atoms. The van der Waals surface area contributed by atoms with Crippen LogP contribution >= 0.6 is 11.3 Å². The van der Waals surface area contributed by atoms with E-state index in [0.29, 0.717) is 18.8 Å². The van der Waals surface area contributed by atoms with Crippen LogP contribution in [-0.2, 0) is 17.7 Å². The molecule has 0 radical (unpaired) electrons. The molecule has 0 spiro atoms. The van der Waals surface area contributed by atoms with Crippen molar-refractivity contribution in [2.45, 2.75) is 53.2 Å². The fourth-order valence-electron chi connectivity index (χ4n) is 3.06. The number of carbonyl (C=O) groups is 1. The first-order chi connectivity index (χ1) is 11.6. The molecule has 2 heterocycles. The lowest BCUT2D eigenvalue weighted by Crippen LogP contribution is -2.39. The molecule has 0 aliphatic carbocycles. The zero-order valence-electron chi connectivity index (χ0n) is 15.5. The van der Waals surface area contributed by atoms with Gasteiger partial charge in [-0.2, -0.15) is 0 Å². The highest BCUT2D eigenvalue weighted by Gasteiger charge is 2.27. The van der Waals surface area contributed by atoms with Crippen LogP contribution in [-0.4, -0.2) is 28.2 Å². The maximum absolute atomic E-state index is 12.3. The Morgan fingerprint density at radius 2 is 1.84 bits per heavy atom. The molecule has 3 rings (SSSR count). The highest BCUT2D eigenvalue weighted by Crippen LogP contribution is 2.37. The summed E-state index contributed by atoms with van der Waals surface area (Å²) in [4.78, 5) is 16.6. The fraction of sp³-hybridized carbons (Fsp3) is 0.450. The smallest absolute Gasteiger partial charge is 0.410 e. The molecule has 4 nitrogen and oxygen atoms in total. The third-order valence-corrected chi connectivity index (χ3v) is 5.58. The van der Waals surface area contributed by atoms with Crippen LogP contribution < -0.4 is 0 Å². The van der Waals surface area contributed by atoms with E-state index in [4.69, 9.17) is 4.74 Å². The summed E-state index contributed by atoms with van der Waals surface area (Å²) in [6, 6.07) is 6.21. The number of carbonyl (C=O) groups excluding carboxylic acids is 1. The van der Waals surface area contributed by atoms with E-state index >= 15 is 0 Å². The monoisotopic (exact) mass is 359 g/mol. The third kappa shape index (κ3) is 3.82. The summed E-state index contributed by atoms with van der Waals surface area (Å²) in [6.45, 7) is 10.8. The Morgan fingerprint density at radius 1 is 1.20 bits per heavy atom. The predicted molar refractivity (Wildman–Crippen MR) is 101 cm³/mol. The van der Waals surface area contributed by atoms with Crippen molar-refractivity contribution in [2.75, 3.05) is 6.54 Å². The van der Waals surface area contributed by atoms with Crippen molar-refractivity contribution in [2.24, 2.45) is 0 Å². The van der Waals surface area contributed by atoms with Gasteiger partial charge in [0.2, 0.25) is 0 Å². The average molecular weight is 359 g/mol. The number of thiophene rings is 1. The number of hydrogen-bond acceptors (Lipinski definition) is 4. The molecule has 0 fully saturated rings. The summed E-state index contributed by atoms with van der Waals surface area (Å²) in [5.74, 6) is 0.362. The van der Waals surface area contributed by atoms with Gasteiger partial charge in [-0.05, 0) is 81.5 Å². The second kappa shape index (κ2) is 6.37. The number of hydrogen-bond donors (Lipinski definition) is 1. The number of benzene rings is 1. The molecule has 25 heavy (non-hydrogen) atoms. The van der Waals surface area contributed by atoms with Crippen LogP contribution in [0.3, 0.4) is 0 Å². The minimum atomic E-state index is -0.474. The van der Waals surface area contributed by atoms with Crippen LogP contribution in [0.25, 0.3) is 10.4 Å². The normalized spacial score (nSPS) is 14.4. The van der Waals surface area contributed by atoms with Gasteiger partial charge >= 0.3 is 6.09 Å². The number of aromatic hydroxyl groups is 1. The van der Waals surface area contributed by atoms with Gasteiger partial charge in [0.15, 0.2) is 0 Å². The van der Waals surface area contributed by atoms with Crippen LogP contribution in [0.2, 0.25) is 0 Å². The van der Waals surface area contributed by atoms with E-state index in [1.807, 2.05) is 46.8 Å². The van der Waals surface area contributed by atoms with Crippen LogP contribution in [0.15, 0.2) is 18.2 Å². The van der Waals surface area contributed by atoms with Crippen molar-refractivity contribution in [3.05, 3.63) is 39.8 Å². The minimum Gasteiger partial charge on any atom is -0.507 e. The number of aryl methyl sites for hydroxylation is 2. The summed E-state index contributed by atoms with van der Waals surface area (Å²) in [7, 11) is 0. The first-order valence-corrected chi connectivity index (χ1v) is 9.36. The van der Waals surface area contributed by atoms with Crippen molar-refractivity contribution in [3.63, 3.8) is 0 Å². The van der Waals surface area contributed by atoms with Gasteiger partial charge in [0.1, 0.15) is 11.4 Å². The fourth-order valence-corrected chi connectivity index (χ4v) is 4.21. The van der Waals surface area contributed by atoms with E-state index < -0.39 is 5.60 Å². The summed E-state index contributed by atoms with van der Waals surface area (Å²) >= 11 is 1.78. The van der Waals surface area contributed by atoms with Gasteiger partial charge in [0, 0.05) is 16.3 Å². The maximum atomic E-state index is 12.3.